The normalized spacial score (nSPS) is 24.6. The van der Waals surface area contributed by atoms with Gasteiger partial charge in [-0.2, -0.15) is 0 Å². The van der Waals surface area contributed by atoms with E-state index >= 15 is 0 Å². The van der Waals surface area contributed by atoms with Gasteiger partial charge in [0, 0.05) is 25.3 Å². The number of hydrogen-bond donors (Lipinski definition) is 0. The first-order valence-corrected chi connectivity index (χ1v) is 8.76. The largest absolute Gasteiger partial charge is 0.381 e. The molecule has 0 radical (unpaired) electrons. The van der Waals surface area contributed by atoms with Gasteiger partial charge in [-0.15, -0.1) is 0 Å². The highest BCUT2D eigenvalue weighted by Crippen LogP contribution is 2.24. The number of rotatable bonds is 6. The average molecular weight is 282 g/mol. The predicted octanol–water partition coefficient (Wildman–Crippen LogP) is 3.00. The van der Waals surface area contributed by atoms with Crippen LogP contribution in [0.3, 0.4) is 0 Å². The first-order valence-electron chi connectivity index (χ1n) is 8.76. The third-order valence-corrected chi connectivity index (χ3v) is 5.10. The summed E-state index contributed by atoms with van der Waals surface area (Å²) >= 11 is 0. The van der Waals surface area contributed by atoms with Gasteiger partial charge in [0.15, 0.2) is 0 Å². The third-order valence-electron chi connectivity index (χ3n) is 5.10. The van der Waals surface area contributed by atoms with E-state index in [1.807, 2.05) is 0 Å². The zero-order valence-corrected chi connectivity index (χ0v) is 13.8. The molecule has 2 saturated heterocycles. The van der Waals surface area contributed by atoms with Crippen LogP contribution < -0.4 is 0 Å². The van der Waals surface area contributed by atoms with Gasteiger partial charge in [-0.25, -0.2) is 0 Å². The first kappa shape index (κ1) is 16.3. The average Bonchev–Trinajstić information content (AvgIpc) is 2.48. The lowest BCUT2D eigenvalue weighted by Crippen LogP contribution is -2.49. The van der Waals surface area contributed by atoms with Crippen molar-refractivity contribution in [2.45, 2.75) is 65.0 Å². The molecule has 2 heterocycles. The van der Waals surface area contributed by atoms with Gasteiger partial charge in [0.2, 0.25) is 0 Å². The molecular weight excluding hydrogens is 248 g/mol. The van der Waals surface area contributed by atoms with Crippen LogP contribution in [0, 0.1) is 5.92 Å². The summed E-state index contributed by atoms with van der Waals surface area (Å²) in [5.74, 6) is 0.813. The van der Waals surface area contributed by atoms with Crippen molar-refractivity contribution < 1.29 is 4.74 Å². The van der Waals surface area contributed by atoms with Crippen LogP contribution in [-0.2, 0) is 4.74 Å². The highest BCUT2D eigenvalue weighted by Gasteiger charge is 2.28. The lowest BCUT2D eigenvalue weighted by atomic mass is 9.94. The van der Waals surface area contributed by atoms with E-state index in [-0.39, 0.29) is 0 Å². The van der Waals surface area contributed by atoms with Crippen LogP contribution in [0.2, 0.25) is 0 Å². The highest BCUT2D eigenvalue weighted by molar-refractivity contribution is 4.84. The van der Waals surface area contributed by atoms with Gasteiger partial charge in [0.25, 0.3) is 0 Å². The summed E-state index contributed by atoms with van der Waals surface area (Å²) in [6.45, 7) is 13.9. The Bertz CT molecular complexity index is 254. The van der Waals surface area contributed by atoms with Crippen LogP contribution in [0.5, 0.6) is 0 Å². The van der Waals surface area contributed by atoms with E-state index in [0.717, 1.165) is 37.6 Å². The summed E-state index contributed by atoms with van der Waals surface area (Å²) in [6, 6.07) is 1.57. The third kappa shape index (κ3) is 4.71. The summed E-state index contributed by atoms with van der Waals surface area (Å²) in [5, 5.41) is 0. The van der Waals surface area contributed by atoms with Crippen LogP contribution in [-0.4, -0.2) is 61.3 Å². The molecule has 0 aromatic heterocycles. The van der Waals surface area contributed by atoms with Crippen LogP contribution in [0.1, 0.15) is 52.9 Å². The minimum atomic E-state index is 0.720. The molecule has 3 nitrogen and oxygen atoms in total. The van der Waals surface area contributed by atoms with Crippen molar-refractivity contribution in [3.63, 3.8) is 0 Å². The topological polar surface area (TPSA) is 15.7 Å². The number of ether oxygens (including phenoxy) is 1. The molecule has 0 spiro atoms. The van der Waals surface area contributed by atoms with E-state index in [9.17, 15) is 0 Å². The molecule has 0 saturated carbocycles. The maximum absolute atomic E-state index is 5.72. The second kappa shape index (κ2) is 8.35. The zero-order chi connectivity index (χ0) is 14.4. The van der Waals surface area contributed by atoms with Gasteiger partial charge < -0.3 is 14.5 Å². The standard InChI is InChI=1S/C17H34N2O/c1-4-13-20-14-16-5-9-19(10-6-16)17-7-11-18(12-8-17)15(2)3/h15-17H,4-14H2,1-3H3. The summed E-state index contributed by atoms with van der Waals surface area (Å²) in [7, 11) is 0. The highest BCUT2D eigenvalue weighted by atomic mass is 16.5. The molecule has 118 valence electrons. The molecule has 0 bridgehead atoms. The Morgan fingerprint density at radius 2 is 1.65 bits per heavy atom. The molecule has 0 aliphatic carbocycles. The number of likely N-dealkylation sites (tertiary alicyclic amines) is 2. The van der Waals surface area contributed by atoms with Gasteiger partial charge in [0.1, 0.15) is 0 Å². The van der Waals surface area contributed by atoms with Gasteiger partial charge in [-0.05, 0) is 78.0 Å². The lowest BCUT2D eigenvalue weighted by molar-refractivity contribution is 0.0363. The van der Waals surface area contributed by atoms with Crippen LogP contribution in [0.25, 0.3) is 0 Å². The van der Waals surface area contributed by atoms with Crippen molar-refractivity contribution >= 4 is 0 Å². The van der Waals surface area contributed by atoms with E-state index in [0.29, 0.717) is 0 Å². The van der Waals surface area contributed by atoms with Crippen molar-refractivity contribution in [1.82, 2.24) is 9.80 Å². The SMILES string of the molecule is CCCOCC1CCN(C2CCN(C(C)C)CC2)CC1. The molecule has 2 aliphatic heterocycles. The molecule has 2 rings (SSSR count). The first-order chi connectivity index (χ1) is 9.70. The second-order valence-corrected chi connectivity index (χ2v) is 6.92. The monoisotopic (exact) mass is 282 g/mol. The lowest BCUT2D eigenvalue weighted by Gasteiger charge is -2.42. The van der Waals surface area contributed by atoms with Crippen molar-refractivity contribution in [2.75, 3.05) is 39.4 Å². The van der Waals surface area contributed by atoms with Crippen LogP contribution in [0.15, 0.2) is 0 Å². The predicted molar refractivity (Wildman–Crippen MR) is 85.1 cm³/mol. The fourth-order valence-corrected chi connectivity index (χ4v) is 3.65. The second-order valence-electron chi connectivity index (χ2n) is 6.92. The van der Waals surface area contributed by atoms with E-state index in [1.54, 1.807) is 0 Å². The van der Waals surface area contributed by atoms with Gasteiger partial charge in [0.05, 0.1) is 0 Å². The summed E-state index contributed by atoms with van der Waals surface area (Å²) in [5.41, 5.74) is 0. The Hall–Kier alpha value is -0.120. The van der Waals surface area contributed by atoms with E-state index < -0.39 is 0 Å². The minimum Gasteiger partial charge on any atom is -0.381 e. The molecule has 0 unspecified atom stereocenters. The molecular formula is C17H34N2O. The molecule has 0 aromatic rings. The van der Waals surface area contributed by atoms with E-state index in [1.165, 1.54) is 51.9 Å². The Morgan fingerprint density at radius 1 is 1.00 bits per heavy atom. The van der Waals surface area contributed by atoms with Gasteiger partial charge in [-0.1, -0.05) is 6.92 Å². The fourth-order valence-electron chi connectivity index (χ4n) is 3.65. The molecule has 0 atom stereocenters. The van der Waals surface area contributed by atoms with Crippen molar-refractivity contribution in [3.8, 4) is 0 Å². The molecule has 2 fully saturated rings. The molecule has 2 aliphatic rings. The molecule has 0 aromatic carbocycles. The van der Waals surface area contributed by atoms with Crippen molar-refractivity contribution in [2.24, 2.45) is 5.92 Å². The molecule has 20 heavy (non-hydrogen) atoms. The Morgan fingerprint density at radius 3 is 2.20 bits per heavy atom. The molecule has 3 heteroatoms. The Balaban J connectivity index is 1.64. The summed E-state index contributed by atoms with van der Waals surface area (Å²) in [6.07, 6.45) is 6.57. The molecule has 0 amide bonds. The van der Waals surface area contributed by atoms with E-state index in [4.69, 9.17) is 4.74 Å². The summed E-state index contributed by atoms with van der Waals surface area (Å²) in [4.78, 5) is 5.38. The molecule has 0 N–H and O–H groups in total. The smallest absolute Gasteiger partial charge is 0.0495 e. The quantitative estimate of drug-likeness (QED) is 0.697. The van der Waals surface area contributed by atoms with Crippen molar-refractivity contribution in [3.05, 3.63) is 0 Å². The maximum Gasteiger partial charge on any atom is 0.0495 e. The van der Waals surface area contributed by atoms with Crippen molar-refractivity contribution in [1.29, 1.82) is 0 Å². The summed E-state index contributed by atoms with van der Waals surface area (Å²) < 4.78 is 5.72. The number of nitrogens with zero attached hydrogens (tertiary/aromatic N) is 2. The number of piperidine rings is 2. The minimum absolute atomic E-state index is 0.720. The van der Waals surface area contributed by atoms with Gasteiger partial charge in [-0.3, -0.25) is 0 Å². The Kier molecular flexibility index (Phi) is 6.79. The zero-order valence-electron chi connectivity index (χ0n) is 13.8. The van der Waals surface area contributed by atoms with Crippen LogP contribution in [0.4, 0.5) is 0 Å². The number of hydrogen-bond acceptors (Lipinski definition) is 3. The Labute approximate surface area is 125 Å². The maximum atomic E-state index is 5.72. The van der Waals surface area contributed by atoms with E-state index in [2.05, 4.69) is 30.6 Å². The van der Waals surface area contributed by atoms with Crippen LogP contribution >= 0.6 is 0 Å². The fraction of sp³-hybridized carbons (Fsp3) is 1.00. The van der Waals surface area contributed by atoms with Gasteiger partial charge >= 0.3 is 0 Å².